The fraction of sp³-hybridized carbons (Fsp3) is 0.522. The van der Waals surface area contributed by atoms with Gasteiger partial charge in [0.05, 0.1) is 37.2 Å². The molecule has 1 unspecified atom stereocenters. The summed E-state index contributed by atoms with van der Waals surface area (Å²) in [4.78, 5) is 20.3. The first kappa shape index (κ1) is 23.3. The maximum absolute atomic E-state index is 12.2. The highest BCUT2D eigenvalue weighted by atomic mass is 32.1. The van der Waals surface area contributed by atoms with E-state index >= 15 is 0 Å². The Morgan fingerprint density at radius 3 is 2.64 bits per heavy atom. The number of aryl methyl sites for hydroxylation is 1. The first-order valence-electron chi connectivity index (χ1n) is 11.2. The number of carbonyl (C=O) groups is 1. The van der Waals surface area contributed by atoms with Crippen molar-refractivity contribution < 1.29 is 24.1 Å². The highest BCUT2D eigenvalue weighted by molar-refractivity contribution is 7.17. The second-order valence-corrected chi connectivity index (χ2v) is 8.96. The van der Waals surface area contributed by atoms with Gasteiger partial charge in [-0.25, -0.2) is 4.98 Å². The van der Waals surface area contributed by atoms with E-state index in [-0.39, 0.29) is 23.8 Å². The molecule has 0 radical (unpaired) electrons. The molecule has 1 atom stereocenters. The number of fused-ring (bicyclic) bond motifs is 1. The topological polar surface area (TPSA) is 98.4 Å². The van der Waals surface area contributed by atoms with Crippen molar-refractivity contribution in [2.24, 2.45) is 5.92 Å². The van der Waals surface area contributed by atoms with Gasteiger partial charge >= 0.3 is 5.97 Å². The summed E-state index contributed by atoms with van der Waals surface area (Å²) >= 11 is 1.42. The predicted molar refractivity (Wildman–Crippen MR) is 124 cm³/mol. The van der Waals surface area contributed by atoms with Gasteiger partial charge < -0.3 is 19.3 Å². The largest absolute Gasteiger partial charge is 0.493 e. The number of benzene rings is 1. The number of ether oxygens (including phenoxy) is 3. The van der Waals surface area contributed by atoms with Crippen LogP contribution in [0, 0.1) is 12.8 Å². The lowest BCUT2D eigenvalue weighted by Crippen LogP contribution is -2.39. The van der Waals surface area contributed by atoms with E-state index in [0.29, 0.717) is 61.4 Å². The average Bonchev–Trinajstić information content (AvgIpc) is 3.32. The number of piperidine rings is 1. The maximum atomic E-state index is 12.2. The average molecular weight is 475 g/mol. The first-order chi connectivity index (χ1) is 16.0. The zero-order valence-corrected chi connectivity index (χ0v) is 20.2. The van der Waals surface area contributed by atoms with Crippen LogP contribution < -0.4 is 9.47 Å². The van der Waals surface area contributed by atoms with E-state index < -0.39 is 0 Å². The Hall–Kier alpha value is -2.85. The Balaban J connectivity index is 1.71. The molecule has 1 aliphatic heterocycles. The summed E-state index contributed by atoms with van der Waals surface area (Å²) in [7, 11) is 1.62. The Bertz CT molecular complexity index is 1120. The summed E-state index contributed by atoms with van der Waals surface area (Å²) in [6, 6.07) is 5.60. The van der Waals surface area contributed by atoms with E-state index in [1.165, 1.54) is 15.9 Å². The molecular formula is C23H30N4O5S. The number of aromatic nitrogens is 3. The van der Waals surface area contributed by atoms with Crippen molar-refractivity contribution in [3.05, 3.63) is 34.5 Å². The smallest absolute Gasteiger partial charge is 0.309 e. The highest BCUT2D eigenvalue weighted by Crippen LogP contribution is 2.43. The van der Waals surface area contributed by atoms with Gasteiger partial charge in [0.25, 0.3) is 0 Å². The minimum absolute atomic E-state index is 0.0842. The minimum Gasteiger partial charge on any atom is -0.493 e. The number of thiazole rings is 1. The van der Waals surface area contributed by atoms with Gasteiger partial charge in [-0.05, 0) is 64.4 Å². The van der Waals surface area contributed by atoms with Gasteiger partial charge in [-0.2, -0.15) is 4.52 Å². The summed E-state index contributed by atoms with van der Waals surface area (Å²) < 4.78 is 18.0. The summed E-state index contributed by atoms with van der Waals surface area (Å²) in [6.45, 7) is 7.86. The zero-order chi connectivity index (χ0) is 23.5. The SMILES string of the molecule is CCOC(=O)C1CCN(C(c2ccc(OCC)c(OC)c2)c2sc3nc(C)nn3c2O)CC1. The third-order valence-corrected chi connectivity index (χ3v) is 6.94. The molecule has 4 rings (SSSR count). The van der Waals surface area contributed by atoms with Gasteiger partial charge in [0, 0.05) is 0 Å². The Morgan fingerprint density at radius 2 is 2.00 bits per heavy atom. The van der Waals surface area contributed by atoms with Crippen LogP contribution in [0.2, 0.25) is 0 Å². The van der Waals surface area contributed by atoms with Gasteiger partial charge in [-0.3, -0.25) is 9.69 Å². The molecule has 0 amide bonds. The van der Waals surface area contributed by atoms with E-state index in [4.69, 9.17) is 14.2 Å². The quantitative estimate of drug-likeness (QED) is 0.495. The van der Waals surface area contributed by atoms with E-state index in [9.17, 15) is 9.90 Å². The van der Waals surface area contributed by atoms with Crippen LogP contribution in [0.15, 0.2) is 18.2 Å². The summed E-state index contributed by atoms with van der Waals surface area (Å²) in [5, 5.41) is 15.4. The van der Waals surface area contributed by atoms with Crippen LogP contribution in [0.4, 0.5) is 0 Å². The molecule has 0 spiro atoms. The van der Waals surface area contributed by atoms with Gasteiger partial charge in [-0.1, -0.05) is 17.4 Å². The van der Waals surface area contributed by atoms with Gasteiger partial charge in [0.2, 0.25) is 10.8 Å². The summed E-state index contributed by atoms with van der Waals surface area (Å²) in [5.74, 6) is 1.77. The molecular weight excluding hydrogens is 444 g/mol. The van der Waals surface area contributed by atoms with Crippen LogP contribution in [0.25, 0.3) is 4.96 Å². The standard InChI is InChI=1S/C23H30N4O5S/c1-5-31-17-8-7-16(13-18(17)30-4)19(20-21(28)27-23(33-20)24-14(3)25-27)26-11-9-15(10-12-26)22(29)32-6-2/h7-8,13,15,19,28H,5-6,9-12H2,1-4H3. The van der Waals surface area contributed by atoms with Gasteiger partial charge in [-0.15, -0.1) is 5.10 Å². The van der Waals surface area contributed by atoms with Crippen LogP contribution in [0.5, 0.6) is 17.4 Å². The van der Waals surface area contributed by atoms with Crippen LogP contribution in [-0.2, 0) is 9.53 Å². The molecule has 1 N–H and O–H groups in total. The van der Waals surface area contributed by atoms with Crippen molar-refractivity contribution in [3.63, 3.8) is 0 Å². The third kappa shape index (κ3) is 4.63. The maximum Gasteiger partial charge on any atom is 0.309 e. The number of nitrogens with zero attached hydrogens (tertiary/aromatic N) is 4. The van der Waals surface area contributed by atoms with Crippen molar-refractivity contribution in [2.75, 3.05) is 33.4 Å². The van der Waals surface area contributed by atoms with Gasteiger partial charge in [0.1, 0.15) is 5.82 Å². The highest BCUT2D eigenvalue weighted by Gasteiger charge is 2.34. The molecule has 1 fully saturated rings. The fourth-order valence-corrected chi connectivity index (χ4v) is 5.50. The molecule has 0 aliphatic carbocycles. The zero-order valence-electron chi connectivity index (χ0n) is 19.4. The Morgan fingerprint density at radius 1 is 1.24 bits per heavy atom. The molecule has 3 aromatic rings. The van der Waals surface area contributed by atoms with E-state index in [2.05, 4.69) is 15.0 Å². The lowest BCUT2D eigenvalue weighted by atomic mass is 9.93. The second-order valence-electron chi connectivity index (χ2n) is 7.95. The number of carbonyl (C=O) groups excluding carboxylic acids is 1. The monoisotopic (exact) mass is 474 g/mol. The van der Waals surface area contributed by atoms with Crippen LogP contribution >= 0.6 is 11.3 Å². The molecule has 1 saturated heterocycles. The molecule has 1 aliphatic rings. The molecule has 3 heterocycles. The van der Waals surface area contributed by atoms with Crippen LogP contribution in [-0.4, -0.2) is 64.0 Å². The molecule has 2 aromatic heterocycles. The second kappa shape index (κ2) is 9.96. The lowest BCUT2D eigenvalue weighted by molar-refractivity contribution is -0.149. The molecule has 1 aromatic carbocycles. The molecule has 9 nitrogen and oxygen atoms in total. The normalized spacial score (nSPS) is 16.1. The minimum atomic E-state index is -0.244. The first-order valence-corrected chi connectivity index (χ1v) is 12.0. The summed E-state index contributed by atoms with van der Waals surface area (Å²) in [5.41, 5.74) is 0.960. The van der Waals surface area contributed by atoms with Crippen molar-refractivity contribution >= 4 is 22.3 Å². The number of likely N-dealkylation sites (tertiary alicyclic amines) is 1. The fourth-order valence-electron chi connectivity index (χ4n) is 4.34. The van der Waals surface area contributed by atoms with E-state index in [0.717, 1.165) is 10.4 Å². The van der Waals surface area contributed by atoms with Crippen molar-refractivity contribution in [3.8, 4) is 17.4 Å². The molecule has 33 heavy (non-hydrogen) atoms. The Kier molecular flexibility index (Phi) is 7.04. The van der Waals surface area contributed by atoms with Gasteiger partial charge in [0.15, 0.2) is 11.5 Å². The third-order valence-electron chi connectivity index (χ3n) is 5.87. The number of hydrogen-bond donors (Lipinski definition) is 1. The molecule has 178 valence electrons. The molecule has 10 heteroatoms. The lowest BCUT2D eigenvalue weighted by Gasteiger charge is -2.36. The summed E-state index contributed by atoms with van der Waals surface area (Å²) in [6.07, 6.45) is 1.40. The van der Waals surface area contributed by atoms with E-state index in [1.807, 2.05) is 32.0 Å². The Labute approximate surface area is 196 Å². The number of methoxy groups -OCH3 is 1. The van der Waals surface area contributed by atoms with Crippen LogP contribution in [0.3, 0.4) is 0 Å². The number of aromatic hydroxyl groups is 1. The van der Waals surface area contributed by atoms with Crippen molar-refractivity contribution in [1.82, 2.24) is 19.5 Å². The number of rotatable bonds is 8. The predicted octanol–water partition coefficient (Wildman–Crippen LogP) is 3.58. The van der Waals surface area contributed by atoms with Crippen molar-refractivity contribution in [1.29, 1.82) is 0 Å². The van der Waals surface area contributed by atoms with Crippen molar-refractivity contribution in [2.45, 2.75) is 39.7 Å². The molecule has 0 bridgehead atoms. The van der Waals surface area contributed by atoms with Crippen LogP contribution in [0.1, 0.15) is 49.0 Å². The van der Waals surface area contributed by atoms with E-state index in [1.54, 1.807) is 14.0 Å². The number of esters is 1. The number of hydrogen-bond acceptors (Lipinski definition) is 9. The molecule has 0 saturated carbocycles.